The van der Waals surface area contributed by atoms with Gasteiger partial charge in [0, 0.05) is 0 Å². The van der Waals surface area contributed by atoms with Crippen molar-refractivity contribution in [2.75, 3.05) is 13.4 Å². The van der Waals surface area contributed by atoms with E-state index in [9.17, 15) is 0 Å². The highest BCUT2D eigenvalue weighted by Crippen LogP contribution is 2.20. The van der Waals surface area contributed by atoms with E-state index in [-0.39, 0.29) is 0 Å². The molecule has 2 heterocycles. The minimum atomic E-state index is 0.447. The monoisotopic (exact) mass is 197 g/mol. The van der Waals surface area contributed by atoms with Crippen molar-refractivity contribution in [3.05, 3.63) is 0 Å². The highest BCUT2D eigenvalue weighted by atomic mass is 32.2. The fourth-order valence-electron chi connectivity index (χ4n) is 0.936. The maximum Gasteiger partial charge on any atom is 0.248 e. The van der Waals surface area contributed by atoms with Gasteiger partial charge in [-0.15, -0.1) is 10.2 Å². The lowest BCUT2D eigenvalue weighted by molar-refractivity contribution is 0.397. The molecular formula is C6H7N5OS. The predicted octanol–water partition coefficient (Wildman–Crippen LogP) is 0.478. The molecule has 0 aliphatic carbocycles. The van der Waals surface area contributed by atoms with E-state index in [2.05, 4.69) is 25.4 Å². The van der Waals surface area contributed by atoms with Gasteiger partial charge in [0.25, 0.3) is 0 Å². The Morgan fingerprint density at radius 1 is 1.31 bits per heavy atom. The molecule has 0 saturated carbocycles. The van der Waals surface area contributed by atoms with E-state index in [1.54, 1.807) is 7.11 Å². The standard InChI is InChI=1S/C6H7N5OS/c1-12-5-3-4(10-11-9-3)7-6(8-5)13-2/h1-2H3,(H,7,8,9,10,11). The van der Waals surface area contributed by atoms with E-state index in [0.29, 0.717) is 22.2 Å². The summed E-state index contributed by atoms with van der Waals surface area (Å²) in [6.07, 6.45) is 1.89. The number of aromatic amines is 1. The lowest BCUT2D eigenvalue weighted by atomic mass is 10.5. The number of rotatable bonds is 2. The van der Waals surface area contributed by atoms with Crippen molar-refractivity contribution in [3.8, 4) is 5.88 Å². The Labute approximate surface area is 78.1 Å². The molecule has 2 aromatic heterocycles. The van der Waals surface area contributed by atoms with Crippen LogP contribution in [0.3, 0.4) is 0 Å². The third-order valence-electron chi connectivity index (χ3n) is 1.51. The predicted molar refractivity (Wildman–Crippen MR) is 47.8 cm³/mol. The molecule has 0 saturated heterocycles. The van der Waals surface area contributed by atoms with Crippen LogP contribution in [0.5, 0.6) is 5.88 Å². The lowest BCUT2D eigenvalue weighted by Gasteiger charge is -1.99. The Balaban J connectivity index is 2.70. The van der Waals surface area contributed by atoms with Gasteiger partial charge < -0.3 is 4.74 Å². The van der Waals surface area contributed by atoms with Crippen molar-refractivity contribution in [1.82, 2.24) is 25.4 Å². The summed E-state index contributed by atoms with van der Waals surface area (Å²) in [6.45, 7) is 0. The zero-order valence-corrected chi connectivity index (χ0v) is 7.92. The fourth-order valence-corrected chi connectivity index (χ4v) is 1.29. The average molecular weight is 197 g/mol. The average Bonchev–Trinajstić information content (AvgIpc) is 2.63. The first kappa shape index (κ1) is 8.24. The van der Waals surface area contributed by atoms with Crippen molar-refractivity contribution in [2.45, 2.75) is 5.16 Å². The summed E-state index contributed by atoms with van der Waals surface area (Å²) in [7, 11) is 1.54. The Kier molecular flexibility index (Phi) is 2.01. The third-order valence-corrected chi connectivity index (χ3v) is 2.05. The minimum Gasteiger partial charge on any atom is -0.479 e. The van der Waals surface area contributed by atoms with Gasteiger partial charge in [-0.25, -0.2) is 0 Å². The number of nitrogens with zero attached hydrogens (tertiary/aromatic N) is 4. The van der Waals surface area contributed by atoms with E-state index >= 15 is 0 Å². The second-order valence-corrected chi connectivity index (χ2v) is 2.99. The first-order chi connectivity index (χ1) is 6.35. The summed E-state index contributed by atoms with van der Waals surface area (Å²) in [5.41, 5.74) is 1.08. The van der Waals surface area contributed by atoms with E-state index in [1.165, 1.54) is 11.8 Å². The Hall–Kier alpha value is -1.37. The molecule has 1 N–H and O–H groups in total. The molecule has 7 heteroatoms. The molecule has 0 unspecified atom stereocenters. The first-order valence-corrected chi connectivity index (χ1v) is 4.74. The van der Waals surface area contributed by atoms with Crippen LogP contribution in [0.2, 0.25) is 0 Å². The van der Waals surface area contributed by atoms with Gasteiger partial charge in [-0.1, -0.05) is 11.8 Å². The van der Waals surface area contributed by atoms with Gasteiger partial charge in [0.2, 0.25) is 11.5 Å². The van der Waals surface area contributed by atoms with Crippen LogP contribution in [0, 0.1) is 0 Å². The van der Waals surface area contributed by atoms with Crippen molar-refractivity contribution >= 4 is 22.9 Å². The zero-order chi connectivity index (χ0) is 9.26. The minimum absolute atomic E-state index is 0.447. The van der Waals surface area contributed by atoms with Crippen molar-refractivity contribution in [2.24, 2.45) is 0 Å². The number of ether oxygens (including phenoxy) is 1. The smallest absolute Gasteiger partial charge is 0.248 e. The number of fused-ring (bicyclic) bond motifs is 1. The second-order valence-electron chi connectivity index (χ2n) is 2.22. The van der Waals surface area contributed by atoms with Gasteiger partial charge in [-0.05, 0) is 6.26 Å². The maximum atomic E-state index is 5.04. The number of thioether (sulfide) groups is 1. The zero-order valence-electron chi connectivity index (χ0n) is 7.11. The molecule has 0 radical (unpaired) electrons. The summed E-state index contributed by atoms with van der Waals surface area (Å²) < 4.78 is 5.04. The maximum absolute atomic E-state index is 5.04. The summed E-state index contributed by atoms with van der Waals surface area (Å²) in [4.78, 5) is 8.25. The van der Waals surface area contributed by atoms with Gasteiger partial charge in [0.05, 0.1) is 7.11 Å². The van der Waals surface area contributed by atoms with E-state index in [4.69, 9.17) is 4.74 Å². The van der Waals surface area contributed by atoms with Crippen LogP contribution in [0.25, 0.3) is 11.2 Å². The van der Waals surface area contributed by atoms with E-state index in [0.717, 1.165) is 0 Å². The number of nitrogens with one attached hydrogen (secondary N) is 1. The molecule has 0 aromatic carbocycles. The van der Waals surface area contributed by atoms with Gasteiger partial charge in [0.15, 0.2) is 10.7 Å². The van der Waals surface area contributed by atoms with Crippen LogP contribution in [0.4, 0.5) is 0 Å². The normalized spacial score (nSPS) is 10.6. The highest BCUT2D eigenvalue weighted by molar-refractivity contribution is 7.98. The molecule has 2 rings (SSSR count). The Bertz CT molecular complexity index is 428. The quantitative estimate of drug-likeness (QED) is 0.557. The van der Waals surface area contributed by atoms with Gasteiger partial charge in [-0.2, -0.15) is 15.2 Å². The molecule has 0 atom stereocenters. The molecule has 2 aromatic rings. The summed E-state index contributed by atoms with van der Waals surface area (Å²) >= 11 is 1.43. The Morgan fingerprint density at radius 2 is 2.15 bits per heavy atom. The number of aromatic nitrogens is 5. The van der Waals surface area contributed by atoms with E-state index in [1.807, 2.05) is 6.26 Å². The van der Waals surface area contributed by atoms with Crippen LogP contribution in [0.1, 0.15) is 0 Å². The van der Waals surface area contributed by atoms with Crippen molar-refractivity contribution < 1.29 is 4.74 Å². The molecule has 0 bridgehead atoms. The molecule has 0 spiro atoms. The molecular weight excluding hydrogens is 190 g/mol. The van der Waals surface area contributed by atoms with Gasteiger partial charge in [-0.3, -0.25) is 0 Å². The van der Waals surface area contributed by atoms with Gasteiger partial charge in [0.1, 0.15) is 0 Å². The molecule has 0 aliphatic rings. The third kappa shape index (κ3) is 1.31. The lowest BCUT2D eigenvalue weighted by Crippen LogP contribution is -1.93. The van der Waals surface area contributed by atoms with Crippen LogP contribution in [-0.2, 0) is 0 Å². The molecule has 13 heavy (non-hydrogen) atoms. The largest absolute Gasteiger partial charge is 0.479 e. The van der Waals surface area contributed by atoms with Crippen LogP contribution < -0.4 is 4.74 Å². The number of H-pyrrole nitrogens is 1. The van der Waals surface area contributed by atoms with E-state index < -0.39 is 0 Å². The first-order valence-electron chi connectivity index (χ1n) is 3.51. The van der Waals surface area contributed by atoms with Crippen LogP contribution >= 0.6 is 11.8 Å². The Morgan fingerprint density at radius 3 is 2.85 bits per heavy atom. The summed E-state index contributed by atoms with van der Waals surface area (Å²) in [5.74, 6) is 0.447. The summed E-state index contributed by atoms with van der Waals surface area (Å²) in [6, 6.07) is 0. The fraction of sp³-hybridized carbons (Fsp3) is 0.333. The van der Waals surface area contributed by atoms with Crippen LogP contribution in [0.15, 0.2) is 5.16 Å². The number of methoxy groups -OCH3 is 1. The topological polar surface area (TPSA) is 76.6 Å². The molecule has 0 fully saturated rings. The van der Waals surface area contributed by atoms with Crippen molar-refractivity contribution in [3.63, 3.8) is 0 Å². The van der Waals surface area contributed by atoms with Crippen LogP contribution in [-0.4, -0.2) is 38.7 Å². The highest BCUT2D eigenvalue weighted by Gasteiger charge is 2.10. The van der Waals surface area contributed by atoms with Gasteiger partial charge >= 0.3 is 0 Å². The molecule has 0 aliphatic heterocycles. The number of hydrogen-bond acceptors (Lipinski definition) is 6. The summed E-state index contributed by atoms with van der Waals surface area (Å²) in [5, 5.41) is 10.8. The molecule has 0 amide bonds. The second kappa shape index (κ2) is 3.17. The van der Waals surface area contributed by atoms with Crippen molar-refractivity contribution in [1.29, 1.82) is 0 Å². The SMILES string of the molecule is COc1nc(SC)nc2n[nH]nc12. The molecule has 6 nitrogen and oxygen atoms in total. The number of hydrogen-bond donors (Lipinski definition) is 1. The molecule has 68 valence electrons.